The van der Waals surface area contributed by atoms with Gasteiger partial charge < -0.3 is 5.11 Å². The number of fused-ring (bicyclic) bond motifs is 1. The Balaban J connectivity index is 1.75. The minimum atomic E-state index is -4.04. The predicted molar refractivity (Wildman–Crippen MR) is 75.7 cm³/mol. The number of carbonyl (C=O) groups is 1. The first-order chi connectivity index (χ1) is 10.1. The molecule has 5 nitrogen and oxygen atoms in total. The summed E-state index contributed by atoms with van der Waals surface area (Å²) in [5, 5.41) is 9.24. The highest BCUT2D eigenvalue weighted by Gasteiger charge is 2.72. The Bertz CT molecular complexity index is 706. The van der Waals surface area contributed by atoms with Crippen LogP contribution in [0.25, 0.3) is 0 Å². The number of carboxylic acids is 1. The fourth-order valence-corrected chi connectivity index (χ4v) is 5.90. The molecule has 2 aliphatic rings. The molecule has 0 saturated heterocycles. The number of hydrogen-bond donors (Lipinski definition) is 2. The first-order valence-electron chi connectivity index (χ1n) is 6.51. The summed E-state index contributed by atoms with van der Waals surface area (Å²) in [6.07, 6.45) is 0.0324. The van der Waals surface area contributed by atoms with E-state index in [0.717, 1.165) is 11.3 Å². The second kappa shape index (κ2) is 5.12. The molecule has 2 aliphatic carbocycles. The van der Waals surface area contributed by atoms with E-state index in [1.807, 2.05) is 0 Å². The third kappa shape index (κ3) is 2.64. The second-order valence-corrected chi connectivity index (χ2v) is 9.27. The van der Waals surface area contributed by atoms with Crippen molar-refractivity contribution < 1.29 is 27.1 Å². The zero-order valence-electron chi connectivity index (χ0n) is 11.0. The molecule has 1 heterocycles. The number of halogens is 3. The van der Waals surface area contributed by atoms with Crippen molar-refractivity contribution >= 4 is 38.9 Å². The van der Waals surface area contributed by atoms with Crippen molar-refractivity contribution in [2.24, 2.45) is 17.8 Å². The molecule has 0 aromatic carbocycles. The largest absolute Gasteiger partial charge is 0.480 e. The molecule has 10 heteroatoms. The first kappa shape index (κ1) is 16.1. The van der Waals surface area contributed by atoms with Crippen LogP contribution in [0.5, 0.6) is 0 Å². The van der Waals surface area contributed by atoms with E-state index in [1.165, 1.54) is 12.1 Å². The Hall–Kier alpha value is -0.770. The van der Waals surface area contributed by atoms with Crippen molar-refractivity contribution in [3.63, 3.8) is 0 Å². The van der Waals surface area contributed by atoms with E-state index < -0.39 is 45.7 Å². The first-order valence-corrected chi connectivity index (χ1v) is 9.19. The standard InChI is InChI=1S/C12H12ClF2NO4S2/c13-8-1-2-9(21-8)22(19,20)16-10(11(17)18)5-3-6-7(4-5)12(6,14)15/h1-2,5-7,10,16H,3-4H2,(H,17,18). The number of carboxylic acid groups (broad SMARTS) is 1. The SMILES string of the molecule is O=C(O)C(NS(=O)(=O)c1ccc(Cl)s1)C1CC2C(C1)C2(F)F. The number of sulfonamides is 1. The molecular weight excluding hydrogens is 360 g/mol. The summed E-state index contributed by atoms with van der Waals surface area (Å²) < 4.78 is 53.0. The van der Waals surface area contributed by atoms with E-state index in [9.17, 15) is 27.1 Å². The van der Waals surface area contributed by atoms with Gasteiger partial charge in [0.25, 0.3) is 15.9 Å². The summed E-state index contributed by atoms with van der Waals surface area (Å²) in [5.74, 6) is -6.35. The highest BCUT2D eigenvalue weighted by molar-refractivity contribution is 7.91. The monoisotopic (exact) mass is 371 g/mol. The average molecular weight is 372 g/mol. The third-order valence-corrected chi connectivity index (χ3v) is 7.48. The average Bonchev–Trinajstić information content (AvgIpc) is 2.87. The van der Waals surface area contributed by atoms with Crippen molar-refractivity contribution in [2.45, 2.75) is 29.0 Å². The van der Waals surface area contributed by atoms with Gasteiger partial charge in [0.15, 0.2) is 0 Å². The molecule has 2 N–H and O–H groups in total. The molecule has 3 rings (SSSR count). The predicted octanol–water partition coefficient (Wildman–Crippen LogP) is 2.42. The van der Waals surface area contributed by atoms with Crippen LogP contribution in [0, 0.1) is 17.8 Å². The molecule has 0 radical (unpaired) electrons. The van der Waals surface area contributed by atoms with Crippen LogP contribution in [0.1, 0.15) is 12.8 Å². The maximum absolute atomic E-state index is 13.2. The molecule has 0 aliphatic heterocycles. The minimum absolute atomic E-state index is 0.0162. The van der Waals surface area contributed by atoms with Gasteiger partial charge in [-0.25, -0.2) is 17.2 Å². The van der Waals surface area contributed by atoms with Crippen LogP contribution in [-0.2, 0) is 14.8 Å². The second-order valence-electron chi connectivity index (χ2n) is 5.61. The number of nitrogens with one attached hydrogen (secondary N) is 1. The van der Waals surface area contributed by atoms with Gasteiger partial charge >= 0.3 is 5.97 Å². The van der Waals surface area contributed by atoms with Crippen LogP contribution in [0.15, 0.2) is 16.3 Å². The summed E-state index contributed by atoms with van der Waals surface area (Å²) >= 11 is 6.48. The van der Waals surface area contributed by atoms with Crippen LogP contribution in [0.3, 0.4) is 0 Å². The third-order valence-electron chi connectivity index (χ3n) is 4.31. The Morgan fingerprint density at radius 2 is 2.00 bits per heavy atom. The summed E-state index contributed by atoms with van der Waals surface area (Å²) in [6, 6.07) is 1.26. The van der Waals surface area contributed by atoms with Gasteiger partial charge in [0.05, 0.1) is 4.34 Å². The summed E-state index contributed by atoms with van der Waals surface area (Å²) in [4.78, 5) is 11.3. The molecule has 1 aromatic heterocycles. The van der Waals surface area contributed by atoms with Gasteiger partial charge in [0.1, 0.15) is 10.3 Å². The normalized spacial score (nSPS) is 30.8. The van der Waals surface area contributed by atoms with Gasteiger partial charge in [-0.1, -0.05) is 11.6 Å². The van der Waals surface area contributed by atoms with E-state index in [-0.39, 0.29) is 21.4 Å². The molecule has 0 spiro atoms. The van der Waals surface area contributed by atoms with Crippen LogP contribution >= 0.6 is 22.9 Å². The zero-order valence-corrected chi connectivity index (χ0v) is 13.4. The summed E-state index contributed by atoms with van der Waals surface area (Å²) in [7, 11) is -4.04. The van der Waals surface area contributed by atoms with Crippen LogP contribution in [0.2, 0.25) is 4.34 Å². The van der Waals surface area contributed by atoms with Crippen molar-refractivity contribution in [1.29, 1.82) is 0 Å². The molecule has 2 saturated carbocycles. The van der Waals surface area contributed by atoms with Crippen LogP contribution < -0.4 is 4.72 Å². The van der Waals surface area contributed by atoms with E-state index >= 15 is 0 Å². The molecule has 3 atom stereocenters. The highest BCUT2D eigenvalue weighted by atomic mass is 35.5. The summed E-state index contributed by atoms with van der Waals surface area (Å²) in [6.45, 7) is 0. The molecule has 2 fully saturated rings. The lowest BCUT2D eigenvalue weighted by atomic mass is 9.94. The fraction of sp³-hybridized carbons (Fsp3) is 0.583. The van der Waals surface area contributed by atoms with E-state index in [1.54, 1.807) is 0 Å². The number of rotatable bonds is 5. The van der Waals surface area contributed by atoms with Gasteiger partial charge in [-0.2, -0.15) is 4.72 Å². The van der Waals surface area contributed by atoms with Crippen molar-refractivity contribution in [3.8, 4) is 0 Å². The lowest BCUT2D eigenvalue weighted by Crippen LogP contribution is -2.45. The van der Waals surface area contributed by atoms with Gasteiger partial charge in [0.2, 0.25) is 0 Å². The number of alkyl halides is 2. The van der Waals surface area contributed by atoms with Gasteiger partial charge in [-0.05, 0) is 30.9 Å². The molecule has 122 valence electrons. The molecule has 0 bridgehead atoms. The topological polar surface area (TPSA) is 83.5 Å². The smallest absolute Gasteiger partial charge is 0.322 e. The zero-order chi connectivity index (χ0) is 16.3. The number of thiophene rings is 1. The van der Waals surface area contributed by atoms with Gasteiger partial charge in [-0.3, -0.25) is 4.79 Å². The highest BCUT2D eigenvalue weighted by Crippen LogP contribution is 2.66. The van der Waals surface area contributed by atoms with E-state index in [0.29, 0.717) is 0 Å². The van der Waals surface area contributed by atoms with E-state index in [4.69, 9.17) is 11.6 Å². The van der Waals surface area contributed by atoms with Crippen LogP contribution in [-0.4, -0.2) is 31.5 Å². The van der Waals surface area contributed by atoms with Gasteiger partial charge in [0, 0.05) is 11.8 Å². The molecule has 1 aromatic rings. The Morgan fingerprint density at radius 3 is 2.45 bits per heavy atom. The van der Waals surface area contributed by atoms with Crippen molar-refractivity contribution in [3.05, 3.63) is 16.5 Å². The molecule has 0 amide bonds. The lowest BCUT2D eigenvalue weighted by molar-refractivity contribution is -0.140. The van der Waals surface area contributed by atoms with Gasteiger partial charge in [-0.15, -0.1) is 11.3 Å². The Morgan fingerprint density at radius 1 is 1.41 bits per heavy atom. The Kier molecular flexibility index (Phi) is 3.75. The molecule has 22 heavy (non-hydrogen) atoms. The van der Waals surface area contributed by atoms with Crippen molar-refractivity contribution in [1.82, 2.24) is 4.72 Å². The number of hydrogen-bond acceptors (Lipinski definition) is 4. The molecule has 3 unspecified atom stereocenters. The quantitative estimate of drug-likeness (QED) is 0.832. The molecular formula is C12H12ClF2NO4S2. The Labute approximate surface area is 134 Å². The number of aliphatic carboxylic acids is 1. The lowest BCUT2D eigenvalue weighted by Gasteiger charge is -2.22. The fourth-order valence-electron chi connectivity index (χ4n) is 3.14. The maximum Gasteiger partial charge on any atom is 0.322 e. The summed E-state index contributed by atoms with van der Waals surface area (Å²) in [5.41, 5.74) is 0. The van der Waals surface area contributed by atoms with E-state index in [2.05, 4.69) is 4.72 Å². The van der Waals surface area contributed by atoms with Crippen LogP contribution in [0.4, 0.5) is 8.78 Å². The van der Waals surface area contributed by atoms with Crippen molar-refractivity contribution in [2.75, 3.05) is 0 Å². The minimum Gasteiger partial charge on any atom is -0.480 e. The maximum atomic E-state index is 13.2.